The predicted octanol–water partition coefficient (Wildman–Crippen LogP) is -0.790. The molecular formula is C12H23N3O3. The smallest absolute Gasteiger partial charge is 0.251 e. The summed E-state index contributed by atoms with van der Waals surface area (Å²) < 4.78 is 0. The molecule has 104 valence electrons. The van der Waals surface area contributed by atoms with E-state index >= 15 is 0 Å². The maximum Gasteiger partial charge on any atom is 0.251 e. The molecular weight excluding hydrogens is 234 g/mol. The molecule has 1 aliphatic rings. The number of rotatable bonds is 4. The van der Waals surface area contributed by atoms with Gasteiger partial charge in [0.15, 0.2) is 0 Å². The van der Waals surface area contributed by atoms with Crippen LogP contribution in [-0.4, -0.2) is 52.1 Å². The highest BCUT2D eigenvalue weighted by Gasteiger charge is 2.37. The summed E-state index contributed by atoms with van der Waals surface area (Å²) in [6.45, 7) is 7.62. The highest BCUT2D eigenvalue weighted by atomic mass is 16.3. The number of nitrogens with one attached hydrogen (secondary N) is 1. The van der Waals surface area contributed by atoms with Crippen molar-refractivity contribution in [2.24, 2.45) is 5.73 Å². The third-order valence-electron chi connectivity index (χ3n) is 3.13. The van der Waals surface area contributed by atoms with Gasteiger partial charge in [-0.25, -0.2) is 0 Å². The molecule has 0 spiro atoms. The second-order valence-corrected chi connectivity index (χ2v) is 5.70. The molecule has 1 fully saturated rings. The summed E-state index contributed by atoms with van der Waals surface area (Å²) in [5, 5.41) is 12.3. The third kappa shape index (κ3) is 3.20. The molecule has 0 aromatic rings. The first-order valence-electron chi connectivity index (χ1n) is 6.22. The fourth-order valence-electron chi connectivity index (χ4n) is 1.94. The Morgan fingerprint density at radius 3 is 2.50 bits per heavy atom. The first-order chi connectivity index (χ1) is 8.14. The van der Waals surface area contributed by atoms with Gasteiger partial charge in [-0.05, 0) is 34.1 Å². The zero-order chi connectivity index (χ0) is 14.1. The van der Waals surface area contributed by atoms with Crippen LogP contribution in [0.1, 0.15) is 34.1 Å². The van der Waals surface area contributed by atoms with Crippen LogP contribution in [0.4, 0.5) is 0 Å². The Labute approximate surface area is 108 Å². The summed E-state index contributed by atoms with van der Waals surface area (Å²) in [6.07, 6.45) is -0.751. The van der Waals surface area contributed by atoms with Crippen molar-refractivity contribution >= 4 is 11.8 Å². The van der Waals surface area contributed by atoms with Crippen molar-refractivity contribution in [3.63, 3.8) is 0 Å². The number of likely N-dealkylation sites (tertiary alicyclic amines) is 1. The van der Waals surface area contributed by atoms with Gasteiger partial charge in [0.25, 0.3) is 5.91 Å². The highest BCUT2D eigenvalue weighted by molar-refractivity contribution is 5.91. The number of aliphatic hydroxyl groups excluding tert-OH is 1. The molecule has 0 saturated carbocycles. The molecule has 1 aliphatic heterocycles. The Bertz CT molecular complexity index is 336. The lowest BCUT2D eigenvalue weighted by atomic mass is 9.98. The van der Waals surface area contributed by atoms with E-state index in [0.29, 0.717) is 13.0 Å². The second kappa shape index (κ2) is 5.24. The first-order valence-corrected chi connectivity index (χ1v) is 6.22. The molecule has 0 radical (unpaired) electrons. The number of aliphatic hydroxyl groups is 1. The van der Waals surface area contributed by atoms with Crippen molar-refractivity contribution in [1.29, 1.82) is 0 Å². The zero-order valence-corrected chi connectivity index (χ0v) is 11.4. The number of hydrogen-bond donors (Lipinski definition) is 3. The average molecular weight is 257 g/mol. The molecule has 6 nitrogen and oxygen atoms in total. The van der Waals surface area contributed by atoms with E-state index < -0.39 is 23.6 Å². The molecule has 1 saturated heterocycles. The van der Waals surface area contributed by atoms with E-state index in [9.17, 15) is 14.7 Å². The fourth-order valence-corrected chi connectivity index (χ4v) is 1.94. The summed E-state index contributed by atoms with van der Waals surface area (Å²) in [5.41, 5.74) is 4.63. The van der Waals surface area contributed by atoms with Gasteiger partial charge in [0.05, 0.1) is 0 Å². The van der Waals surface area contributed by atoms with Gasteiger partial charge in [0, 0.05) is 18.1 Å². The third-order valence-corrected chi connectivity index (χ3v) is 3.13. The summed E-state index contributed by atoms with van der Waals surface area (Å²) >= 11 is 0. The van der Waals surface area contributed by atoms with Crippen molar-refractivity contribution in [3.8, 4) is 0 Å². The minimum Gasteiger partial charge on any atom is -0.381 e. The van der Waals surface area contributed by atoms with Crippen LogP contribution in [0.3, 0.4) is 0 Å². The molecule has 0 aliphatic carbocycles. The molecule has 0 aromatic carbocycles. The van der Waals surface area contributed by atoms with E-state index in [-0.39, 0.29) is 11.9 Å². The minimum absolute atomic E-state index is 0.0969. The molecule has 0 aromatic heterocycles. The Hall–Kier alpha value is -1.14. The Balaban J connectivity index is 2.60. The van der Waals surface area contributed by atoms with Crippen LogP contribution in [0.15, 0.2) is 0 Å². The van der Waals surface area contributed by atoms with Crippen LogP contribution in [0.25, 0.3) is 0 Å². The van der Waals surface area contributed by atoms with Crippen LogP contribution >= 0.6 is 0 Å². The Morgan fingerprint density at radius 1 is 1.56 bits per heavy atom. The maximum absolute atomic E-state index is 12.0. The molecule has 1 heterocycles. The monoisotopic (exact) mass is 257 g/mol. The van der Waals surface area contributed by atoms with Crippen molar-refractivity contribution in [1.82, 2.24) is 10.2 Å². The van der Waals surface area contributed by atoms with E-state index in [1.54, 1.807) is 18.7 Å². The SMILES string of the molecule is CC(C)N1CCC(NC(=O)C(O)C(C)(C)N)C1=O. The zero-order valence-electron chi connectivity index (χ0n) is 11.4. The molecule has 2 unspecified atom stereocenters. The van der Waals surface area contributed by atoms with Crippen LogP contribution in [0.2, 0.25) is 0 Å². The van der Waals surface area contributed by atoms with Crippen molar-refractivity contribution in [3.05, 3.63) is 0 Å². The second-order valence-electron chi connectivity index (χ2n) is 5.70. The van der Waals surface area contributed by atoms with Gasteiger partial charge < -0.3 is 21.1 Å². The summed E-state index contributed by atoms with van der Waals surface area (Å²) in [7, 11) is 0. The molecule has 18 heavy (non-hydrogen) atoms. The number of carbonyl (C=O) groups excluding carboxylic acids is 2. The van der Waals surface area contributed by atoms with Crippen molar-refractivity contribution in [2.45, 2.75) is 57.8 Å². The number of amides is 2. The van der Waals surface area contributed by atoms with E-state index in [2.05, 4.69) is 5.32 Å². The van der Waals surface area contributed by atoms with Crippen LogP contribution in [-0.2, 0) is 9.59 Å². The molecule has 1 rings (SSSR count). The summed E-state index contributed by atoms with van der Waals surface area (Å²) in [6, 6.07) is -0.424. The largest absolute Gasteiger partial charge is 0.381 e. The fraction of sp³-hybridized carbons (Fsp3) is 0.833. The molecule has 4 N–H and O–H groups in total. The predicted molar refractivity (Wildman–Crippen MR) is 67.7 cm³/mol. The van der Waals surface area contributed by atoms with E-state index in [1.165, 1.54) is 0 Å². The Morgan fingerprint density at radius 2 is 2.11 bits per heavy atom. The molecule has 2 atom stereocenters. The standard InChI is InChI=1S/C12H23N3O3/c1-7(2)15-6-5-8(11(15)18)14-10(17)9(16)12(3,4)13/h7-9,16H,5-6,13H2,1-4H3,(H,14,17). The lowest BCUT2D eigenvalue weighted by Gasteiger charge is -2.26. The molecule has 6 heteroatoms. The van der Waals surface area contributed by atoms with Crippen molar-refractivity contribution in [2.75, 3.05) is 6.54 Å². The summed E-state index contributed by atoms with van der Waals surface area (Å²) in [4.78, 5) is 25.4. The maximum atomic E-state index is 12.0. The van der Waals surface area contributed by atoms with Gasteiger partial charge in [-0.15, -0.1) is 0 Å². The van der Waals surface area contributed by atoms with Crippen LogP contribution < -0.4 is 11.1 Å². The normalized spacial score (nSPS) is 22.5. The van der Waals surface area contributed by atoms with Gasteiger partial charge in [0.1, 0.15) is 12.1 Å². The van der Waals surface area contributed by atoms with Gasteiger partial charge in [-0.1, -0.05) is 0 Å². The lowest BCUT2D eigenvalue weighted by Crippen LogP contribution is -2.56. The average Bonchev–Trinajstić information content (AvgIpc) is 2.58. The van der Waals surface area contributed by atoms with Gasteiger partial charge in [-0.2, -0.15) is 0 Å². The van der Waals surface area contributed by atoms with Gasteiger partial charge in [-0.3, -0.25) is 9.59 Å². The van der Waals surface area contributed by atoms with Gasteiger partial charge >= 0.3 is 0 Å². The van der Waals surface area contributed by atoms with Gasteiger partial charge in [0.2, 0.25) is 5.91 Å². The lowest BCUT2D eigenvalue weighted by molar-refractivity contribution is -0.138. The number of nitrogens with two attached hydrogens (primary N) is 1. The topological polar surface area (TPSA) is 95.7 Å². The molecule has 2 amide bonds. The van der Waals surface area contributed by atoms with Crippen molar-refractivity contribution < 1.29 is 14.7 Å². The minimum atomic E-state index is -1.32. The van der Waals surface area contributed by atoms with E-state index in [0.717, 1.165) is 0 Å². The van der Waals surface area contributed by atoms with Crippen LogP contribution in [0, 0.1) is 0 Å². The van der Waals surface area contributed by atoms with Crippen LogP contribution in [0.5, 0.6) is 0 Å². The van der Waals surface area contributed by atoms with E-state index in [4.69, 9.17) is 5.73 Å². The Kier molecular flexibility index (Phi) is 4.34. The van der Waals surface area contributed by atoms with E-state index in [1.807, 2.05) is 13.8 Å². The summed E-state index contributed by atoms with van der Waals surface area (Å²) in [5.74, 6) is -0.688. The number of hydrogen-bond acceptors (Lipinski definition) is 4. The number of nitrogens with zero attached hydrogens (tertiary/aromatic N) is 1. The number of carbonyl (C=O) groups is 2. The first kappa shape index (κ1) is 14.9. The highest BCUT2D eigenvalue weighted by Crippen LogP contribution is 2.15. The molecule has 0 bridgehead atoms. The quantitative estimate of drug-likeness (QED) is 0.615.